The Labute approximate surface area is 240 Å². The number of nitrogens with two attached hydrogens (primary N) is 2. The monoisotopic (exact) mass is 580 g/mol. The van der Waals surface area contributed by atoms with E-state index in [1.165, 1.54) is 30.5 Å². The lowest BCUT2D eigenvalue weighted by Crippen LogP contribution is -2.30. The number of nitrogens with zero attached hydrogens (tertiary/aromatic N) is 8. The smallest absolute Gasteiger partial charge is 0.434 e. The third-order valence-corrected chi connectivity index (χ3v) is 6.82. The standard InChI is InChI=1S/C28H31F3N10O/c1-16(2)41-13-21(28(29,30)31)38-25(41)19-6-4-17(5-7-19)11-40(12-20(33)10-32)27-37-15-35-24(39-27)22-23(18-8-9-18)34-14-36-26(22)42-3/h4-7,10,13-16,18H,8-9,11-12,32-33H2,1-3H3/b20-10-. The lowest BCUT2D eigenvalue weighted by Gasteiger charge is -2.23. The average molecular weight is 581 g/mol. The van der Waals surface area contributed by atoms with Gasteiger partial charge in [0.05, 0.1) is 19.3 Å². The highest BCUT2D eigenvalue weighted by molar-refractivity contribution is 5.66. The van der Waals surface area contributed by atoms with Crippen molar-refractivity contribution in [1.82, 2.24) is 34.5 Å². The van der Waals surface area contributed by atoms with Gasteiger partial charge in [-0.05, 0) is 32.3 Å². The van der Waals surface area contributed by atoms with E-state index in [0.29, 0.717) is 46.9 Å². The topological polar surface area (TPSA) is 147 Å². The van der Waals surface area contributed by atoms with Gasteiger partial charge < -0.3 is 25.7 Å². The summed E-state index contributed by atoms with van der Waals surface area (Å²) < 4.78 is 47.1. The summed E-state index contributed by atoms with van der Waals surface area (Å²) in [5.41, 5.74) is 14.1. The fraction of sp³-hybridized carbons (Fsp3) is 0.357. The Morgan fingerprint density at radius 2 is 1.81 bits per heavy atom. The minimum absolute atomic E-state index is 0.211. The first-order chi connectivity index (χ1) is 20.1. The van der Waals surface area contributed by atoms with E-state index in [0.717, 1.165) is 30.3 Å². The SMILES string of the molecule is COc1ncnc(C2CC2)c1-c1ncnc(N(C/C(N)=C/N)Cc2ccc(-c3nc(C(F)(F)F)cn3C(C)C)cc2)n1. The lowest BCUT2D eigenvalue weighted by molar-refractivity contribution is -0.140. The molecule has 1 aliphatic rings. The second-order valence-electron chi connectivity index (χ2n) is 10.3. The molecule has 0 saturated heterocycles. The minimum Gasteiger partial charge on any atom is -0.480 e. The summed E-state index contributed by atoms with van der Waals surface area (Å²) in [5, 5.41) is 0. The molecule has 4 N–H and O–H groups in total. The van der Waals surface area contributed by atoms with Gasteiger partial charge in [-0.3, -0.25) is 0 Å². The van der Waals surface area contributed by atoms with E-state index in [2.05, 4.69) is 24.9 Å². The second-order valence-corrected chi connectivity index (χ2v) is 10.3. The maximum absolute atomic E-state index is 13.4. The van der Waals surface area contributed by atoms with Gasteiger partial charge in [-0.25, -0.2) is 24.9 Å². The van der Waals surface area contributed by atoms with Crippen molar-refractivity contribution in [3.63, 3.8) is 0 Å². The number of alkyl halides is 3. The van der Waals surface area contributed by atoms with Crippen molar-refractivity contribution in [2.75, 3.05) is 18.6 Å². The van der Waals surface area contributed by atoms with Crippen molar-refractivity contribution in [3.05, 3.63) is 72.0 Å². The van der Waals surface area contributed by atoms with Gasteiger partial charge in [-0.2, -0.15) is 18.2 Å². The van der Waals surface area contributed by atoms with Crippen LogP contribution in [0.4, 0.5) is 19.1 Å². The molecule has 0 spiro atoms. The Morgan fingerprint density at radius 1 is 1.10 bits per heavy atom. The molecule has 4 aromatic rings. The Bertz CT molecular complexity index is 1580. The van der Waals surface area contributed by atoms with E-state index in [4.69, 9.17) is 21.2 Å². The molecule has 0 radical (unpaired) electrons. The van der Waals surface area contributed by atoms with Crippen molar-refractivity contribution in [2.45, 2.75) is 51.4 Å². The molecule has 0 bridgehead atoms. The summed E-state index contributed by atoms with van der Waals surface area (Å²) in [5.74, 6) is 1.62. The molecule has 0 aliphatic heterocycles. The molecule has 1 aliphatic carbocycles. The third-order valence-electron chi connectivity index (χ3n) is 6.82. The van der Waals surface area contributed by atoms with E-state index in [1.807, 2.05) is 17.0 Å². The van der Waals surface area contributed by atoms with Gasteiger partial charge in [0.2, 0.25) is 11.8 Å². The quantitative estimate of drug-likeness (QED) is 0.276. The van der Waals surface area contributed by atoms with Gasteiger partial charge in [0.15, 0.2) is 11.5 Å². The third kappa shape index (κ3) is 6.11. The van der Waals surface area contributed by atoms with E-state index < -0.39 is 11.9 Å². The number of rotatable bonds is 10. The van der Waals surface area contributed by atoms with Gasteiger partial charge in [0, 0.05) is 42.2 Å². The van der Waals surface area contributed by atoms with Crippen LogP contribution in [0.25, 0.3) is 22.8 Å². The summed E-state index contributed by atoms with van der Waals surface area (Å²) in [6.07, 6.45) is 2.71. The first-order valence-corrected chi connectivity index (χ1v) is 13.3. The number of imidazole rings is 1. The lowest BCUT2D eigenvalue weighted by atomic mass is 10.1. The Hall–Kier alpha value is -4.75. The highest BCUT2D eigenvalue weighted by atomic mass is 19.4. The molecule has 0 atom stereocenters. The van der Waals surface area contributed by atoms with E-state index in [9.17, 15) is 13.2 Å². The van der Waals surface area contributed by atoms with Crippen LogP contribution in [-0.2, 0) is 12.7 Å². The summed E-state index contributed by atoms with van der Waals surface area (Å²) in [4.78, 5) is 27.9. The van der Waals surface area contributed by atoms with Crippen LogP contribution in [0.3, 0.4) is 0 Å². The van der Waals surface area contributed by atoms with Crippen LogP contribution in [0, 0.1) is 0 Å². The molecular formula is C28H31F3N10O. The normalized spacial score (nSPS) is 13.9. The van der Waals surface area contributed by atoms with Crippen molar-refractivity contribution in [3.8, 4) is 28.7 Å². The molecule has 42 heavy (non-hydrogen) atoms. The van der Waals surface area contributed by atoms with Crippen molar-refractivity contribution in [2.24, 2.45) is 11.5 Å². The van der Waals surface area contributed by atoms with E-state index in [1.54, 1.807) is 26.0 Å². The molecule has 3 aromatic heterocycles. The summed E-state index contributed by atoms with van der Waals surface area (Å²) >= 11 is 0. The van der Waals surface area contributed by atoms with Crippen molar-refractivity contribution < 1.29 is 17.9 Å². The van der Waals surface area contributed by atoms with Crippen molar-refractivity contribution >= 4 is 5.95 Å². The molecule has 3 heterocycles. The van der Waals surface area contributed by atoms with E-state index >= 15 is 0 Å². The minimum atomic E-state index is -4.54. The predicted octanol–water partition coefficient (Wildman–Crippen LogP) is 4.44. The molecular weight excluding hydrogens is 549 g/mol. The molecule has 1 saturated carbocycles. The number of benzene rings is 1. The highest BCUT2D eigenvalue weighted by Crippen LogP contribution is 2.44. The van der Waals surface area contributed by atoms with Crippen LogP contribution < -0.4 is 21.1 Å². The van der Waals surface area contributed by atoms with Gasteiger partial charge in [-0.1, -0.05) is 24.3 Å². The highest BCUT2D eigenvalue weighted by Gasteiger charge is 2.35. The second kappa shape index (κ2) is 11.6. The number of anilines is 1. The molecule has 14 heteroatoms. The van der Waals surface area contributed by atoms with Crippen LogP contribution >= 0.6 is 0 Å². The van der Waals surface area contributed by atoms with Crippen LogP contribution in [0.15, 0.2) is 55.0 Å². The Balaban J connectivity index is 1.46. The van der Waals surface area contributed by atoms with Gasteiger partial charge in [0.1, 0.15) is 24.0 Å². The molecule has 0 amide bonds. The number of halogens is 3. The number of hydrogen-bond acceptors (Lipinski definition) is 10. The fourth-order valence-corrected chi connectivity index (χ4v) is 4.56. The van der Waals surface area contributed by atoms with Gasteiger partial charge in [-0.15, -0.1) is 0 Å². The van der Waals surface area contributed by atoms with Gasteiger partial charge >= 0.3 is 6.18 Å². The van der Waals surface area contributed by atoms with Crippen LogP contribution in [0.2, 0.25) is 0 Å². The maximum atomic E-state index is 13.4. The van der Waals surface area contributed by atoms with Crippen LogP contribution in [-0.4, -0.2) is 48.1 Å². The number of aromatic nitrogens is 7. The number of methoxy groups -OCH3 is 1. The van der Waals surface area contributed by atoms with E-state index in [-0.39, 0.29) is 18.4 Å². The summed E-state index contributed by atoms with van der Waals surface area (Å²) in [6, 6.07) is 6.91. The largest absolute Gasteiger partial charge is 0.480 e. The van der Waals surface area contributed by atoms with Gasteiger partial charge in [0.25, 0.3) is 0 Å². The zero-order valence-corrected chi connectivity index (χ0v) is 23.4. The number of ether oxygens (including phenoxy) is 1. The summed E-state index contributed by atoms with van der Waals surface area (Å²) in [6.45, 7) is 4.15. The number of hydrogen-bond donors (Lipinski definition) is 2. The van der Waals surface area contributed by atoms with Crippen LogP contribution in [0.5, 0.6) is 5.88 Å². The molecule has 220 valence electrons. The predicted molar refractivity (Wildman–Crippen MR) is 150 cm³/mol. The maximum Gasteiger partial charge on any atom is 0.434 e. The molecule has 1 fully saturated rings. The molecule has 11 nitrogen and oxygen atoms in total. The first kappa shape index (κ1) is 28.8. The zero-order valence-electron chi connectivity index (χ0n) is 23.4. The molecule has 5 rings (SSSR count). The zero-order chi connectivity index (χ0) is 30.0. The molecule has 1 aromatic carbocycles. The average Bonchev–Trinajstić information content (AvgIpc) is 3.72. The van der Waals surface area contributed by atoms with Crippen molar-refractivity contribution in [1.29, 1.82) is 0 Å². The Kier molecular flexibility index (Phi) is 7.96. The Morgan fingerprint density at radius 3 is 2.43 bits per heavy atom. The summed E-state index contributed by atoms with van der Waals surface area (Å²) in [7, 11) is 1.53. The fourth-order valence-electron chi connectivity index (χ4n) is 4.56. The first-order valence-electron chi connectivity index (χ1n) is 13.3. The molecule has 0 unspecified atom stereocenters. The van der Waals surface area contributed by atoms with Crippen LogP contribution in [0.1, 0.15) is 55.6 Å².